The highest BCUT2D eigenvalue weighted by molar-refractivity contribution is 6.33. The van der Waals surface area contributed by atoms with E-state index in [9.17, 15) is 14.4 Å². The van der Waals surface area contributed by atoms with E-state index in [0.29, 0.717) is 5.56 Å². The molecule has 1 aliphatic heterocycles. The summed E-state index contributed by atoms with van der Waals surface area (Å²) < 4.78 is 25.8. The maximum Gasteiger partial charge on any atom is 0.339 e. The fourth-order valence-corrected chi connectivity index (χ4v) is 5.26. The molecule has 12 heteroatoms. The van der Waals surface area contributed by atoms with Crippen LogP contribution < -0.4 is 0 Å². The number of halogens is 1. The van der Waals surface area contributed by atoms with Crippen molar-refractivity contribution in [3.05, 3.63) is 138 Å². The topological polar surface area (TPSA) is 132 Å². The Balaban J connectivity index is 1.45. The highest BCUT2D eigenvalue weighted by Crippen LogP contribution is 2.46. The molecule has 0 unspecified atom stereocenters. The number of fused-ring (bicyclic) bond motifs is 1. The number of nitrogens with zero attached hydrogens (tertiary/aromatic N) is 4. The van der Waals surface area contributed by atoms with Gasteiger partial charge in [-0.05, 0) is 42.5 Å². The second-order valence-corrected chi connectivity index (χ2v) is 10.3. The Morgan fingerprint density at radius 2 is 1.42 bits per heavy atom. The van der Waals surface area contributed by atoms with Crippen LogP contribution >= 0.6 is 11.6 Å². The number of aromatic nitrogens is 4. The summed E-state index contributed by atoms with van der Waals surface area (Å²) >= 11 is 6.28. The number of carbonyl (C=O) groups is 3. The molecule has 2 aromatic heterocycles. The third kappa shape index (κ3) is 5.78. The minimum atomic E-state index is -1.88. The van der Waals surface area contributed by atoms with Gasteiger partial charge in [0.1, 0.15) is 24.6 Å². The van der Waals surface area contributed by atoms with E-state index in [4.69, 9.17) is 30.5 Å². The van der Waals surface area contributed by atoms with Crippen LogP contribution in [-0.4, -0.2) is 61.8 Å². The fraction of sp³-hybridized carbons (Fsp3) is 0.152. The number of ether oxygens (including phenoxy) is 4. The molecule has 0 saturated carbocycles. The van der Waals surface area contributed by atoms with Crippen LogP contribution in [0.15, 0.2) is 116 Å². The van der Waals surface area contributed by atoms with Gasteiger partial charge in [0.05, 0.1) is 23.0 Å². The summed E-state index contributed by atoms with van der Waals surface area (Å²) in [5, 5.41) is 0.0858. The smallest absolute Gasteiger partial charge is 0.339 e. The van der Waals surface area contributed by atoms with Crippen molar-refractivity contribution >= 4 is 40.7 Å². The number of esters is 3. The Bertz CT molecular complexity index is 1850. The molecule has 0 N–H and O–H groups in total. The van der Waals surface area contributed by atoms with Gasteiger partial charge in [0.25, 0.3) is 0 Å². The van der Waals surface area contributed by atoms with Crippen molar-refractivity contribution in [2.45, 2.75) is 24.0 Å². The summed E-state index contributed by atoms with van der Waals surface area (Å²) in [6, 6.07) is 24.9. The second-order valence-electron chi connectivity index (χ2n) is 9.99. The molecule has 4 atom stereocenters. The van der Waals surface area contributed by atoms with Gasteiger partial charge in [-0.3, -0.25) is 4.57 Å². The van der Waals surface area contributed by atoms with Crippen LogP contribution in [0.4, 0.5) is 0 Å². The lowest BCUT2D eigenvalue weighted by Gasteiger charge is -2.35. The summed E-state index contributed by atoms with van der Waals surface area (Å²) in [5.74, 6) is -2.11. The zero-order chi connectivity index (χ0) is 31.4. The molecule has 11 nitrogen and oxygen atoms in total. The van der Waals surface area contributed by atoms with Crippen molar-refractivity contribution in [2.75, 3.05) is 6.61 Å². The predicted molar refractivity (Wildman–Crippen MR) is 161 cm³/mol. The van der Waals surface area contributed by atoms with Crippen molar-refractivity contribution in [1.82, 2.24) is 19.5 Å². The summed E-state index contributed by atoms with van der Waals surface area (Å²) in [6.07, 6.45) is 0.196. The molecule has 6 rings (SSSR count). The third-order valence-electron chi connectivity index (χ3n) is 7.27. The largest absolute Gasteiger partial charge is 0.459 e. The van der Waals surface area contributed by atoms with Crippen molar-refractivity contribution in [3.63, 3.8) is 0 Å². The van der Waals surface area contributed by atoms with Crippen LogP contribution in [0.3, 0.4) is 0 Å². The highest BCUT2D eigenvalue weighted by Gasteiger charge is 2.62. The zero-order valence-corrected chi connectivity index (χ0v) is 24.3. The van der Waals surface area contributed by atoms with Gasteiger partial charge >= 0.3 is 17.9 Å². The number of rotatable bonds is 9. The van der Waals surface area contributed by atoms with E-state index >= 15 is 0 Å². The van der Waals surface area contributed by atoms with E-state index in [1.807, 2.05) is 0 Å². The van der Waals surface area contributed by atoms with Crippen LogP contribution in [-0.2, 0) is 18.9 Å². The Morgan fingerprint density at radius 3 is 2.02 bits per heavy atom. The minimum Gasteiger partial charge on any atom is -0.459 e. The molecule has 0 aliphatic carbocycles. The molecule has 0 spiro atoms. The molecule has 0 radical (unpaired) electrons. The number of imidazole rings is 1. The first-order valence-electron chi connectivity index (χ1n) is 13.8. The van der Waals surface area contributed by atoms with Crippen molar-refractivity contribution in [3.8, 4) is 0 Å². The number of hydrogen-bond acceptors (Lipinski definition) is 10. The molecule has 1 saturated heterocycles. The molecule has 3 heterocycles. The van der Waals surface area contributed by atoms with Gasteiger partial charge in [0.15, 0.2) is 23.1 Å². The summed E-state index contributed by atoms with van der Waals surface area (Å²) in [6.45, 7) is 3.60. The van der Waals surface area contributed by atoms with Crippen molar-refractivity contribution in [1.29, 1.82) is 0 Å². The van der Waals surface area contributed by atoms with E-state index < -0.39 is 41.9 Å². The normalized spacial score (nSPS) is 20.8. The first-order chi connectivity index (χ1) is 21.9. The lowest BCUT2D eigenvalue weighted by Crippen LogP contribution is -2.51. The molecule has 3 aromatic carbocycles. The van der Waals surface area contributed by atoms with Crippen LogP contribution in [0.5, 0.6) is 0 Å². The van der Waals surface area contributed by atoms with Gasteiger partial charge in [-0.15, -0.1) is 0 Å². The van der Waals surface area contributed by atoms with Gasteiger partial charge < -0.3 is 18.9 Å². The van der Waals surface area contributed by atoms with E-state index in [-0.39, 0.29) is 34.1 Å². The molecule has 0 amide bonds. The first kappa shape index (κ1) is 29.7. The minimum absolute atomic E-state index is 0.0858. The molecule has 0 bridgehead atoms. The fourth-order valence-electron chi connectivity index (χ4n) is 5.08. The van der Waals surface area contributed by atoms with E-state index in [2.05, 4.69) is 21.5 Å². The molecule has 45 heavy (non-hydrogen) atoms. The second kappa shape index (κ2) is 12.7. The molecular weight excluding hydrogens is 600 g/mol. The molecular formula is C33H25ClN4O7. The Hall–Kier alpha value is -5.39. The van der Waals surface area contributed by atoms with E-state index in [1.165, 1.54) is 23.3 Å². The Kier molecular flexibility index (Phi) is 8.37. The van der Waals surface area contributed by atoms with Gasteiger partial charge in [-0.1, -0.05) is 72.8 Å². The van der Waals surface area contributed by atoms with Crippen LogP contribution in [0.2, 0.25) is 5.15 Å². The number of benzene rings is 3. The van der Waals surface area contributed by atoms with Gasteiger partial charge in [0.2, 0.25) is 5.60 Å². The summed E-state index contributed by atoms with van der Waals surface area (Å²) in [5.41, 5.74) is -0.607. The summed E-state index contributed by atoms with van der Waals surface area (Å²) in [4.78, 5) is 52.7. The molecule has 1 fully saturated rings. The zero-order valence-electron chi connectivity index (χ0n) is 23.6. The van der Waals surface area contributed by atoms with E-state index in [1.54, 1.807) is 91.0 Å². The Labute approximate surface area is 262 Å². The monoisotopic (exact) mass is 624 g/mol. The van der Waals surface area contributed by atoms with Crippen LogP contribution in [0, 0.1) is 0 Å². The summed E-state index contributed by atoms with van der Waals surface area (Å²) in [7, 11) is 0. The average molecular weight is 625 g/mol. The maximum absolute atomic E-state index is 13.6. The standard InChI is InChI=1S/C33H25ClN4O7/c1-2-33(45-31(41)23-16-10-5-11-17-23)26(44-30(40)22-14-8-4-9-15-22)24(18-42-29(39)21-12-6-3-7-13-21)43-32(33)38-20-37-25-27(34)35-19-36-28(25)38/h2-17,19-20,24,26,32H,1,18H2/t24-,26-,32-,33-/m1/s1. The van der Waals surface area contributed by atoms with Crippen molar-refractivity contribution in [2.24, 2.45) is 0 Å². The van der Waals surface area contributed by atoms with Gasteiger partial charge in [-0.2, -0.15) is 0 Å². The van der Waals surface area contributed by atoms with Crippen molar-refractivity contribution < 1.29 is 33.3 Å². The number of carbonyl (C=O) groups excluding carboxylic acids is 3. The maximum atomic E-state index is 13.6. The van der Waals surface area contributed by atoms with E-state index in [0.717, 1.165) is 0 Å². The highest BCUT2D eigenvalue weighted by atomic mass is 35.5. The first-order valence-corrected chi connectivity index (χ1v) is 14.2. The quantitative estimate of drug-likeness (QED) is 0.0928. The van der Waals surface area contributed by atoms with Gasteiger partial charge in [0, 0.05) is 0 Å². The third-order valence-corrected chi connectivity index (χ3v) is 7.55. The lowest BCUT2D eigenvalue weighted by molar-refractivity contribution is -0.0916. The SMILES string of the molecule is C=C[C@@]1(OC(=O)c2ccccc2)[C@H](OC(=O)c2ccccc2)[C@@H](COC(=O)c2ccccc2)O[C@H]1n1cnc2c(Cl)ncnc21. The molecule has 226 valence electrons. The van der Waals surface area contributed by atoms with Crippen LogP contribution in [0.25, 0.3) is 11.2 Å². The lowest BCUT2D eigenvalue weighted by atomic mass is 9.92. The molecule has 1 aliphatic rings. The van der Waals surface area contributed by atoms with Crippen LogP contribution in [0.1, 0.15) is 37.3 Å². The predicted octanol–water partition coefficient (Wildman–Crippen LogP) is 5.24. The molecule has 5 aromatic rings. The number of hydrogen-bond donors (Lipinski definition) is 0. The average Bonchev–Trinajstić information content (AvgIpc) is 3.64. The Morgan fingerprint density at radius 1 is 0.844 bits per heavy atom. The van der Waals surface area contributed by atoms with Gasteiger partial charge in [-0.25, -0.2) is 29.3 Å².